The lowest BCUT2D eigenvalue weighted by Crippen LogP contribution is -2.15. The van der Waals surface area contributed by atoms with Crippen LogP contribution < -0.4 is 5.32 Å². The van der Waals surface area contributed by atoms with Crippen LogP contribution in [0.2, 0.25) is 0 Å². The molecule has 11 heteroatoms. The maximum atomic E-state index is 13.3. The van der Waals surface area contributed by atoms with E-state index >= 15 is 0 Å². The first-order chi connectivity index (χ1) is 15.7. The molecule has 4 rings (SSSR count). The number of aryl methyl sites for hydroxylation is 1. The van der Waals surface area contributed by atoms with Crippen LogP contribution in [0.4, 0.5) is 22.6 Å². The molecule has 1 N–H and O–H groups in total. The number of thioether (sulfide) groups is 1. The summed E-state index contributed by atoms with van der Waals surface area (Å²) in [6.45, 7) is 0. The van der Waals surface area contributed by atoms with E-state index in [1.54, 1.807) is 0 Å². The zero-order chi connectivity index (χ0) is 23.6. The lowest BCUT2D eigenvalue weighted by Gasteiger charge is -2.10. The summed E-state index contributed by atoms with van der Waals surface area (Å²) in [5.74, 6) is -1.24. The van der Waals surface area contributed by atoms with Crippen molar-refractivity contribution < 1.29 is 22.4 Å². The molecule has 3 aromatic rings. The number of hydrogen-bond donors (Lipinski definition) is 1. The second-order valence-electron chi connectivity index (χ2n) is 7.29. The molecular formula is C22H16F4N4OS2. The Morgan fingerprint density at radius 1 is 1.18 bits per heavy atom. The molecule has 1 aromatic carbocycles. The summed E-state index contributed by atoms with van der Waals surface area (Å²) in [5, 5.41) is 12.4. The van der Waals surface area contributed by atoms with E-state index in [0.29, 0.717) is 16.1 Å². The van der Waals surface area contributed by atoms with E-state index in [2.05, 4.69) is 21.4 Å². The minimum absolute atomic E-state index is 0.0297. The minimum Gasteiger partial charge on any atom is -0.316 e. The summed E-state index contributed by atoms with van der Waals surface area (Å²) < 4.78 is 53.2. The standard InChI is InChI=1S/C22H16F4N4OS2/c23-13-7-5-12(6-8-13)16-9-18(22(24,25)26)29-21(28-16)32-11-19(31)30-20-15(10-27)14-3-1-2-4-17(14)33-20/h5-9H,1-4,11H2,(H,30,31). The molecule has 1 amide bonds. The quantitative estimate of drug-likeness (QED) is 0.275. The number of thiophene rings is 1. The Hall–Kier alpha value is -2.97. The van der Waals surface area contributed by atoms with Gasteiger partial charge in [-0.05, 0) is 61.6 Å². The van der Waals surface area contributed by atoms with Gasteiger partial charge in [0.05, 0.1) is 17.0 Å². The van der Waals surface area contributed by atoms with Crippen molar-refractivity contribution >= 4 is 34.0 Å². The van der Waals surface area contributed by atoms with Crippen LogP contribution in [0.15, 0.2) is 35.5 Å². The molecule has 2 aromatic heterocycles. The van der Waals surface area contributed by atoms with E-state index in [1.165, 1.54) is 23.5 Å². The van der Waals surface area contributed by atoms with Crippen LogP contribution in [0.5, 0.6) is 0 Å². The van der Waals surface area contributed by atoms with Crippen molar-refractivity contribution in [2.24, 2.45) is 0 Å². The van der Waals surface area contributed by atoms with Crippen molar-refractivity contribution in [1.29, 1.82) is 5.26 Å². The summed E-state index contributed by atoms with van der Waals surface area (Å²) in [6, 6.07) is 7.82. The molecule has 0 saturated heterocycles. The van der Waals surface area contributed by atoms with Crippen LogP contribution in [-0.4, -0.2) is 21.6 Å². The Morgan fingerprint density at radius 3 is 2.61 bits per heavy atom. The molecule has 0 radical (unpaired) electrons. The first-order valence-corrected chi connectivity index (χ1v) is 11.7. The maximum absolute atomic E-state index is 13.3. The molecule has 0 unspecified atom stereocenters. The van der Waals surface area contributed by atoms with E-state index in [1.807, 2.05) is 0 Å². The van der Waals surface area contributed by atoms with Gasteiger partial charge in [-0.15, -0.1) is 11.3 Å². The zero-order valence-corrected chi connectivity index (χ0v) is 18.6. The second kappa shape index (κ2) is 9.49. The van der Waals surface area contributed by atoms with E-state index in [4.69, 9.17) is 0 Å². The fraction of sp³-hybridized carbons (Fsp3) is 0.273. The Morgan fingerprint density at radius 2 is 1.91 bits per heavy atom. The van der Waals surface area contributed by atoms with Gasteiger partial charge in [-0.3, -0.25) is 4.79 Å². The predicted molar refractivity (Wildman–Crippen MR) is 117 cm³/mol. The lowest BCUT2D eigenvalue weighted by atomic mass is 9.96. The number of alkyl halides is 3. The number of hydrogen-bond acceptors (Lipinski definition) is 6. The first-order valence-electron chi connectivity index (χ1n) is 9.94. The highest BCUT2D eigenvalue weighted by Gasteiger charge is 2.34. The van der Waals surface area contributed by atoms with Gasteiger partial charge in [-0.1, -0.05) is 11.8 Å². The molecule has 5 nitrogen and oxygen atoms in total. The van der Waals surface area contributed by atoms with Crippen LogP contribution in [0.3, 0.4) is 0 Å². The fourth-order valence-electron chi connectivity index (χ4n) is 3.47. The molecule has 0 spiro atoms. The second-order valence-corrected chi connectivity index (χ2v) is 9.34. The summed E-state index contributed by atoms with van der Waals surface area (Å²) in [5.41, 5.74) is 0.539. The number of nitrogens with zero attached hydrogens (tertiary/aromatic N) is 3. The topological polar surface area (TPSA) is 78.7 Å². The maximum Gasteiger partial charge on any atom is 0.433 e. The highest BCUT2D eigenvalue weighted by molar-refractivity contribution is 7.99. The van der Waals surface area contributed by atoms with E-state index in [0.717, 1.165) is 66.1 Å². The molecule has 0 aliphatic heterocycles. The molecule has 0 saturated carbocycles. The van der Waals surface area contributed by atoms with Crippen LogP contribution in [0.1, 0.15) is 34.5 Å². The van der Waals surface area contributed by atoms with Gasteiger partial charge < -0.3 is 5.32 Å². The highest BCUT2D eigenvalue weighted by atomic mass is 32.2. The van der Waals surface area contributed by atoms with E-state index < -0.39 is 23.6 Å². The van der Waals surface area contributed by atoms with Crippen LogP contribution in [-0.2, 0) is 23.8 Å². The number of amides is 1. The molecule has 1 aliphatic rings. The predicted octanol–water partition coefficient (Wildman–Crippen LogP) is 5.84. The third-order valence-electron chi connectivity index (χ3n) is 5.00. The molecule has 2 heterocycles. The zero-order valence-electron chi connectivity index (χ0n) is 17.0. The Balaban J connectivity index is 1.52. The van der Waals surface area contributed by atoms with Crippen molar-refractivity contribution in [3.63, 3.8) is 0 Å². The number of fused-ring (bicyclic) bond motifs is 1. The Bertz CT molecular complexity index is 1230. The number of rotatable bonds is 5. The third kappa shape index (κ3) is 5.34. The monoisotopic (exact) mass is 492 g/mol. The van der Waals surface area contributed by atoms with Gasteiger partial charge >= 0.3 is 6.18 Å². The third-order valence-corrected chi connectivity index (χ3v) is 7.06. The Kier molecular flexibility index (Phi) is 6.67. The fourth-order valence-corrected chi connectivity index (χ4v) is 5.38. The number of benzene rings is 1. The number of halogens is 4. The van der Waals surface area contributed by atoms with Gasteiger partial charge in [0.15, 0.2) is 5.16 Å². The molecular weight excluding hydrogens is 476 g/mol. The van der Waals surface area contributed by atoms with Gasteiger partial charge in [-0.25, -0.2) is 14.4 Å². The summed E-state index contributed by atoms with van der Waals surface area (Å²) in [7, 11) is 0. The summed E-state index contributed by atoms with van der Waals surface area (Å²) >= 11 is 2.12. The summed E-state index contributed by atoms with van der Waals surface area (Å²) in [4.78, 5) is 21.2. The van der Waals surface area contributed by atoms with Crippen LogP contribution in [0.25, 0.3) is 11.3 Å². The van der Waals surface area contributed by atoms with Crippen molar-refractivity contribution in [2.75, 3.05) is 11.1 Å². The SMILES string of the molecule is N#Cc1c(NC(=O)CSc2nc(-c3ccc(F)cc3)cc(C(F)(F)F)n2)sc2c1CCCC2. The van der Waals surface area contributed by atoms with Crippen molar-refractivity contribution in [3.8, 4) is 17.3 Å². The first kappa shape index (κ1) is 23.2. The summed E-state index contributed by atoms with van der Waals surface area (Å²) in [6.07, 6.45) is -1.03. The minimum atomic E-state index is -4.72. The molecule has 0 bridgehead atoms. The number of nitrogens with one attached hydrogen (secondary N) is 1. The van der Waals surface area contributed by atoms with Gasteiger partial charge in [0.1, 0.15) is 22.6 Å². The number of carbonyl (C=O) groups excluding carboxylic acids is 1. The number of aromatic nitrogens is 2. The van der Waals surface area contributed by atoms with Gasteiger partial charge in [-0.2, -0.15) is 18.4 Å². The normalized spacial score (nSPS) is 13.3. The molecule has 0 atom stereocenters. The largest absolute Gasteiger partial charge is 0.433 e. The van der Waals surface area contributed by atoms with Crippen molar-refractivity contribution in [1.82, 2.24) is 9.97 Å². The van der Waals surface area contributed by atoms with Gasteiger partial charge in [0.25, 0.3) is 0 Å². The number of carbonyl (C=O) groups is 1. The van der Waals surface area contributed by atoms with E-state index in [-0.39, 0.29) is 16.6 Å². The van der Waals surface area contributed by atoms with E-state index in [9.17, 15) is 27.6 Å². The van der Waals surface area contributed by atoms with Crippen molar-refractivity contribution in [2.45, 2.75) is 37.0 Å². The van der Waals surface area contributed by atoms with Crippen molar-refractivity contribution in [3.05, 3.63) is 57.8 Å². The van der Waals surface area contributed by atoms with Gasteiger partial charge in [0.2, 0.25) is 5.91 Å². The average molecular weight is 493 g/mol. The lowest BCUT2D eigenvalue weighted by molar-refractivity contribution is -0.141. The van der Waals surface area contributed by atoms with Crippen LogP contribution >= 0.6 is 23.1 Å². The number of anilines is 1. The molecule has 1 aliphatic carbocycles. The molecule has 33 heavy (non-hydrogen) atoms. The Labute approximate surface area is 194 Å². The highest BCUT2D eigenvalue weighted by Crippen LogP contribution is 2.38. The molecule has 0 fully saturated rings. The molecule has 170 valence electrons. The smallest absolute Gasteiger partial charge is 0.316 e. The van der Waals surface area contributed by atoms with Gasteiger partial charge in [0, 0.05) is 10.4 Å². The van der Waals surface area contributed by atoms with Crippen LogP contribution in [0, 0.1) is 17.1 Å². The number of nitriles is 1. The average Bonchev–Trinajstić information content (AvgIpc) is 3.14.